The second-order valence-electron chi connectivity index (χ2n) is 7.37. The van der Waals surface area contributed by atoms with E-state index < -0.39 is 17.4 Å². The van der Waals surface area contributed by atoms with Crippen molar-refractivity contribution in [3.05, 3.63) is 47.9 Å². The van der Waals surface area contributed by atoms with Crippen molar-refractivity contribution >= 4 is 17.6 Å². The quantitative estimate of drug-likeness (QED) is 0.777. The van der Waals surface area contributed by atoms with Crippen molar-refractivity contribution in [3.63, 3.8) is 0 Å². The molecule has 1 fully saturated rings. The van der Waals surface area contributed by atoms with Gasteiger partial charge in [0.05, 0.1) is 17.5 Å². The van der Waals surface area contributed by atoms with Crippen LogP contribution in [0.5, 0.6) is 5.75 Å². The number of nitrogens with zero attached hydrogens (tertiary/aromatic N) is 3. The van der Waals surface area contributed by atoms with Crippen molar-refractivity contribution in [1.29, 1.82) is 0 Å². The zero-order chi connectivity index (χ0) is 21.4. The summed E-state index contributed by atoms with van der Waals surface area (Å²) < 4.78 is 51.5. The average Bonchev–Trinajstić information content (AvgIpc) is 3.19. The number of rotatable bonds is 4. The molecule has 0 saturated heterocycles. The van der Waals surface area contributed by atoms with Crippen LogP contribution in [-0.4, -0.2) is 17.6 Å². The van der Waals surface area contributed by atoms with Crippen LogP contribution in [0.25, 0.3) is 0 Å². The Labute approximate surface area is 171 Å². The van der Waals surface area contributed by atoms with Gasteiger partial charge in [-0.05, 0) is 56.0 Å². The van der Waals surface area contributed by atoms with E-state index in [4.69, 9.17) is 20.6 Å². The number of hydrogen-bond acceptors (Lipinski definition) is 7. The number of nitrogens with two attached hydrogens (primary N) is 2. The lowest BCUT2D eigenvalue weighted by atomic mass is 9.87. The molecule has 4 rings (SSSR count). The van der Waals surface area contributed by atoms with Gasteiger partial charge in [-0.2, -0.15) is 18.2 Å². The van der Waals surface area contributed by atoms with Gasteiger partial charge in [-0.3, -0.25) is 4.90 Å². The van der Waals surface area contributed by atoms with Gasteiger partial charge in [-0.15, -0.1) is 0 Å². The molecule has 1 spiro atoms. The fraction of sp³-hybridized carbons (Fsp3) is 0.400. The maximum absolute atomic E-state index is 13.5. The molecule has 2 heterocycles. The molecule has 2 aromatic rings. The summed E-state index contributed by atoms with van der Waals surface area (Å²) in [5.41, 5.74) is 10.5. The number of hydrogen-bond donors (Lipinski definition) is 2. The molecule has 1 aliphatic heterocycles. The van der Waals surface area contributed by atoms with Crippen LogP contribution in [0.15, 0.2) is 51.0 Å². The summed E-state index contributed by atoms with van der Waals surface area (Å²) in [6.45, 7) is 0.0503. The predicted octanol–water partition coefficient (Wildman–Crippen LogP) is 3.99. The van der Waals surface area contributed by atoms with Crippen LogP contribution in [0, 0.1) is 0 Å². The first-order chi connectivity index (χ1) is 14.3. The van der Waals surface area contributed by atoms with Crippen molar-refractivity contribution in [1.82, 2.24) is 0 Å². The third-order valence-corrected chi connectivity index (χ3v) is 5.33. The zero-order valence-corrected chi connectivity index (χ0v) is 16.2. The van der Waals surface area contributed by atoms with E-state index in [-0.39, 0.29) is 30.0 Å². The van der Waals surface area contributed by atoms with Crippen LogP contribution >= 0.6 is 0 Å². The van der Waals surface area contributed by atoms with Crippen molar-refractivity contribution in [3.8, 4) is 5.75 Å². The van der Waals surface area contributed by atoms with E-state index >= 15 is 0 Å². The number of guanidine groups is 2. The largest absolute Gasteiger partial charge is 0.483 e. The molecule has 0 radical (unpaired) electrons. The number of ether oxygens (including phenoxy) is 1. The lowest BCUT2D eigenvalue weighted by Gasteiger charge is -2.46. The van der Waals surface area contributed by atoms with E-state index in [1.807, 2.05) is 0 Å². The summed E-state index contributed by atoms with van der Waals surface area (Å²) in [6.07, 6.45) is 0.862. The molecule has 4 N–H and O–H groups in total. The Morgan fingerprint density at radius 2 is 1.90 bits per heavy atom. The fourth-order valence-corrected chi connectivity index (χ4v) is 4.00. The van der Waals surface area contributed by atoms with Crippen molar-refractivity contribution in [2.24, 2.45) is 21.5 Å². The molecule has 0 unspecified atom stereocenters. The Morgan fingerprint density at radius 1 is 1.13 bits per heavy atom. The highest BCUT2D eigenvalue weighted by Crippen LogP contribution is 2.44. The molecule has 10 heteroatoms. The minimum atomic E-state index is -4.53. The molecule has 0 amide bonds. The Kier molecular flexibility index (Phi) is 5.08. The van der Waals surface area contributed by atoms with E-state index in [2.05, 4.69) is 9.98 Å². The summed E-state index contributed by atoms with van der Waals surface area (Å²) in [5.74, 6) is 0.774. The maximum Gasteiger partial charge on any atom is 0.416 e. The van der Waals surface area contributed by atoms with Gasteiger partial charge in [0.15, 0.2) is 0 Å². The van der Waals surface area contributed by atoms with Gasteiger partial charge >= 0.3 is 6.18 Å². The molecular weight excluding hydrogens is 399 g/mol. The summed E-state index contributed by atoms with van der Waals surface area (Å²) in [5, 5.41) is 0. The Bertz CT molecular complexity index is 963. The van der Waals surface area contributed by atoms with E-state index in [0.29, 0.717) is 18.6 Å². The molecule has 0 bridgehead atoms. The number of halogens is 3. The molecular formula is C20H22F3N5O2. The van der Waals surface area contributed by atoms with Gasteiger partial charge in [0, 0.05) is 0 Å². The van der Waals surface area contributed by atoms with E-state index in [9.17, 15) is 13.2 Å². The number of alkyl halides is 3. The molecule has 7 nitrogen and oxygen atoms in total. The minimum Gasteiger partial charge on any atom is -0.483 e. The fourth-order valence-electron chi connectivity index (χ4n) is 4.00. The molecule has 30 heavy (non-hydrogen) atoms. The van der Waals surface area contributed by atoms with Crippen LogP contribution in [0.3, 0.4) is 0 Å². The first kappa shape index (κ1) is 20.1. The third-order valence-electron chi connectivity index (χ3n) is 5.33. The van der Waals surface area contributed by atoms with Crippen LogP contribution in [0.2, 0.25) is 0 Å². The summed E-state index contributed by atoms with van der Waals surface area (Å²) >= 11 is 0. The second-order valence-corrected chi connectivity index (χ2v) is 7.37. The Balaban J connectivity index is 1.80. The van der Waals surface area contributed by atoms with Gasteiger partial charge in [0.25, 0.3) is 0 Å². The number of aliphatic imine (C=N–C) groups is 2. The van der Waals surface area contributed by atoms with Crippen molar-refractivity contribution in [2.45, 2.75) is 50.6 Å². The summed E-state index contributed by atoms with van der Waals surface area (Å²) in [6, 6.07) is 6.70. The van der Waals surface area contributed by atoms with Gasteiger partial charge in [0.2, 0.25) is 11.9 Å². The summed E-state index contributed by atoms with van der Waals surface area (Å²) in [4.78, 5) is 10.1. The first-order valence-corrected chi connectivity index (χ1v) is 9.65. The molecule has 160 valence electrons. The summed E-state index contributed by atoms with van der Waals surface area (Å²) in [7, 11) is 0. The average molecular weight is 421 g/mol. The van der Waals surface area contributed by atoms with E-state index in [1.165, 1.54) is 17.2 Å². The molecule has 2 aliphatic rings. The number of benzene rings is 1. The number of furan rings is 1. The molecule has 1 aromatic carbocycles. The Hall–Kier alpha value is -3.17. The predicted molar refractivity (Wildman–Crippen MR) is 106 cm³/mol. The monoisotopic (exact) mass is 421 g/mol. The van der Waals surface area contributed by atoms with Gasteiger partial charge < -0.3 is 20.6 Å². The highest BCUT2D eigenvalue weighted by molar-refractivity contribution is 6.06. The highest BCUT2D eigenvalue weighted by Gasteiger charge is 2.44. The standard InChI is InChI=1S/C20H22F3N5O2/c21-20(22,23)13-6-7-16(30-12-14-5-4-10-29-14)15(11-13)28-18(25)26-17(24)27-19(28)8-2-1-3-9-19/h4-7,10-11H,1-3,8-9,12H2,(H4,24,25,26,27). The van der Waals surface area contributed by atoms with Gasteiger partial charge in [-0.25, -0.2) is 4.99 Å². The molecule has 1 aromatic heterocycles. The van der Waals surface area contributed by atoms with Crippen LogP contribution in [0.1, 0.15) is 43.4 Å². The van der Waals surface area contributed by atoms with E-state index in [1.54, 1.807) is 12.1 Å². The number of anilines is 1. The lowest BCUT2D eigenvalue weighted by Crippen LogP contribution is -2.58. The lowest BCUT2D eigenvalue weighted by molar-refractivity contribution is -0.137. The smallest absolute Gasteiger partial charge is 0.416 e. The van der Waals surface area contributed by atoms with Crippen molar-refractivity contribution < 1.29 is 22.3 Å². The Morgan fingerprint density at radius 3 is 2.57 bits per heavy atom. The highest BCUT2D eigenvalue weighted by atomic mass is 19.4. The maximum atomic E-state index is 13.5. The van der Waals surface area contributed by atoms with Crippen LogP contribution < -0.4 is 21.1 Å². The van der Waals surface area contributed by atoms with Crippen LogP contribution in [-0.2, 0) is 12.8 Å². The van der Waals surface area contributed by atoms with Crippen molar-refractivity contribution in [2.75, 3.05) is 4.90 Å². The topological polar surface area (TPSA) is 102 Å². The first-order valence-electron chi connectivity index (χ1n) is 9.65. The third kappa shape index (κ3) is 3.81. The molecule has 1 aliphatic carbocycles. The molecule has 0 atom stereocenters. The zero-order valence-electron chi connectivity index (χ0n) is 16.2. The van der Waals surface area contributed by atoms with E-state index in [0.717, 1.165) is 31.4 Å². The SMILES string of the molecule is NC1=NC2(CCCCC2)N(c2cc(C(F)(F)F)ccc2OCc2ccco2)C(N)=N1. The molecule has 1 saturated carbocycles. The van der Waals surface area contributed by atoms with Gasteiger partial charge in [0.1, 0.15) is 23.8 Å². The second kappa shape index (κ2) is 7.58. The van der Waals surface area contributed by atoms with Crippen LogP contribution in [0.4, 0.5) is 18.9 Å². The normalized spacial score (nSPS) is 18.8. The minimum absolute atomic E-state index is 0.00780. The van der Waals surface area contributed by atoms with Gasteiger partial charge in [-0.1, -0.05) is 6.42 Å².